The molecule has 1 aromatic carbocycles. The van der Waals surface area contributed by atoms with Crippen molar-refractivity contribution in [3.05, 3.63) is 41.5 Å². The fourth-order valence-electron chi connectivity index (χ4n) is 2.98. The maximum absolute atomic E-state index is 12.0. The molecule has 1 aromatic rings. The van der Waals surface area contributed by atoms with E-state index in [1.165, 1.54) is 25.7 Å². The lowest BCUT2D eigenvalue weighted by molar-refractivity contribution is -0.117. The predicted octanol–water partition coefficient (Wildman–Crippen LogP) is 3.29. The third kappa shape index (κ3) is 5.54. The standard InChI is InChI=1S/C19H23N3O2/c1-14(16-6-2-3-7-16)11-19(24)21-13-15-5-4-8-17(12-15)22-18(23)9-10-20/h4-5,8,11-12,16H,2-3,6-7,9,13H2,1H3,(H,21,24)(H,22,23)/b14-11+. The largest absolute Gasteiger partial charge is 0.348 e. The van der Waals surface area contributed by atoms with Crippen LogP contribution in [0.1, 0.15) is 44.6 Å². The first-order chi connectivity index (χ1) is 11.6. The summed E-state index contributed by atoms with van der Waals surface area (Å²) < 4.78 is 0. The lowest BCUT2D eigenvalue weighted by Gasteiger charge is -2.10. The highest BCUT2D eigenvalue weighted by molar-refractivity contribution is 5.92. The Bertz CT molecular complexity index is 667. The maximum atomic E-state index is 12.0. The van der Waals surface area contributed by atoms with E-state index in [2.05, 4.69) is 10.6 Å². The third-order valence-corrected chi connectivity index (χ3v) is 4.27. The van der Waals surface area contributed by atoms with E-state index in [0.29, 0.717) is 18.2 Å². The summed E-state index contributed by atoms with van der Waals surface area (Å²) in [6, 6.07) is 9.05. The van der Waals surface area contributed by atoms with Crippen LogP contribution in [0, 0.1) is 17.2 Å². The van der Waals surface area contributed by atoms with Gasteiger partial charge in [-0.3, -0.25) is 9.59 Å². The van der Waals surface area contributed by atoms with E-state index >= 15 is 0 Å². The second kappa shape index (κ2) is 8.88. The molecule has 0 heterocycles. The zero-order chi connectivity index (χ0) is 17.4. The first-order valence-electron chi connectivity index (χ1n) is 8.30. The van der Waals surface area contributed by atoms with E-state index in [0.717, 1.165) is 11.1 Å². The van der Waals surface area contributed by atoms with Crippen molar-refractivity contribution in [2.45, 2.75) is 45.6 Å². The molecule has 126 valence electrons. The fraction of sp³-hybridized carbons (Fsp3) is 0.421. The van der Waals surface area contributed by atoms with Crippen LogP contribution in [0.15, 0.2) is 35.9 Å². The van der Waals surface area contributed by atoms with Gasteiger partial charge in [0.25, 0.3) is 0 Å². The van der Waals surface area contributed by atoms with E-state index in [1.54, 1.807) is 18.2 Å². The lowest BCUT2D eigenvalue weighted by atomic mass is 9.99. The number of nitrogens with one attached hydrogen (secondary N) is 2. The molecule has 0 radical (unpaired) electrons. The second-order valence-electron chi connectivity index (χ2n) is 6.17. The Morgan fingerprint density at radius 2 is 2.08 bits per heavy atom. The Balaban J connectivity index is 1.87. The van der Waals surface area contributed by atoms with Gasteiger partial charge in [-0.1, -0.05) is 30.5 Å². The van der Waals surface area contributed by atoms with Crippen LogP contribution in [0.25, 0.3) is 0 Å². The quantitative estimate of drug-likeness (QED) is 0.787. The topological polar surface area (TPSA) is 82.0 Å². The number of rotatable bonds is 6. The average Bonchev–Trinajstić information content (AvgIpc) is 3.08. The Kier molecular flexibility index (Phi) is 6.56. The first-order valence-corrected chi connectivity index (χ1v) is 8.30. The van der Waals surface area contributed by atoms with Crippen molar-refractivity contribution in [1.82, 2.24) is 5.32 Å². The molecular formula is C19H23N3O2. The molecule has 0 aromatic heterocycles. The van der Waals surface area contributed by atoms with E-state index in [-0.39, 0.29) is 18.2 Å². The molecule has 2 amide bonds. The smallest absolute Gasteiger partial charge is 0.244 e. The molecule has 0 atom stereocenters. The summed E-state index contributed by atoms with van der Waals surface area (Å²) in [5, 5.41) is 14.0. The van der Waals surface area contributed by atoms with Crippen molar-refractivity contribution < 1.29 is 9.59 Å². The predicted molar refractivity (Wildman–Crippen MR) is 92.9 cm³/mol. The minimum Gasteiger partial charge on any atom is -0.348 e. The maximum Gasteiger partial charge on any atom is 0.244 e. The first kappa shape index (κ1) is 17.7. The van der Waals surface area contributed by atoms with Crippen LogP contribution in [0.4, 0.5) is 5.69 Å². The summed E-state index contributed by atoms with van der Waals surface area (Å²) in [6.45, 7) is 2.43. The number of anilines is 1. The van der Waals surface area contributed by atoms with Crippen LogP contribution in [0.2, 0.25) is 0 Å². The molecule has 0 bridgehead atoms. The monoisotopic (exact) mass is 325 g/mol. The van der Waals surface area contributed by atoms with Gasteiger partial charge in [0.05, 0.1) is 6.07 Å². The lowest BCUT2D eigenvalue weighted by Crippen LogP contribution is -2.21. The Labute approximate surface area is 142 Å². The molecule has 1 aliphatic rings. The van der Waals surface area contributed by atoms with E-state index in [1.807, 2.05) is 25.1 Å². The molecule has 5 heteroatoms. The van der Waals surface area contributed by atoms with Crippen LogP contribution in [-0.2, 0) is 16.1 Å². The molecule has 0 aliphatic heterocycles. The van der Waals surface area contributed by atoms with Gasteiger partial charge in [-0.25, -0.2) is 0 Å². The van der Waals surface area contributed by atoms with Gasteiger partial charge in [0.1, 0.15) is 6.42 Å². The minimum absolute atomic E-state index is 0.0849. The number of amides is 2. The van der Waals surface area contributed by atoms with Crippen molar-refractivity contribution in [2.75, 3.05) is 5.32 Å². The van der Waals surface area contributed by atoms with Crippen LogP contribution in [-0.4, -0.2) is 11.8 Å². The summed E-state index contributed by atoms with van der Waals surface area (Å²) in [6.07, 6.45) is 6.39. The normalized spacial score (nSPS) is 14.9. The molecule has 5 nitrogen and oxygen atoms in total. The summed E-state index contributed by atoms with van der Waals surface area (Å²) in [5.74, 6) is 0.126. The number of carbonyl (C=O) groups excluding carboxylic acids is 2. The zero-order valence-corrected chi connectivity index (χ0v) is 14.0. The third-order valence-electron chi connectivity index (χ3n) is 4.27. The number of nitrogens with zero attached hydrogens (tertiary/aromatic N) is 1. The molecule has 2 N–H and O–H groups in total. The van der Waals surface area contributed by atoms with Gasteiger partial charge in [-0.2, -0.15) is 5.26 Å². The fourth-order valence-corrected chi connectivity index (χ4v) is 2.98. The molecule has 0 spiro atoms. The van der Waals surface area contributed by atoms with Gasteiger partial charge in [-0.15, -0.1) is 0 Å². The summed E-state index contributed by atoms with van der Waals surface area (Å²) in [4.78, 5) is 23.5. The van der Waals surface area contributed by atoms with Crippen molar-refractivity contribution in [3.8, 4) is 6.07 Å². The van der Waals surface area contributed by atoms with Gasteiger partial charge in [-0.05, 0) is 43.4 Å². The van der Waals surface area contributed by atoms with E-state index in [9.17, 15) is 9.59 Å². The molecular weight excluding hydrogens is 302 g/mol. The summed E-state index contributed by atoms with van der Waals surface area (Å²) >= 11 is 0. The number of hydrogen-bond acceptors (Lipinski definition) is 3. The van der Waals surface area contributed by atoms with Crippen LogP contribution in [0.3, 0.4) is 0 Å². The van der Waals surface area contributed by atoms with Crippen molar-refractivity contribution in [2.24, 2.45) is 5.92 Å². The highest BCUT2D eigenvalue weighted by Gasteiger charge is 2.17. The van der Waals surface area contributed by atoms with Gasteiger partial charge < -0.3 is 10.6 Å². The minimum atomic E-state index is -0.339. The Hall–Kier alpha value is -2.61. The number of benzene rings is 1. The molecule has 1 aliphatic carbocycles. The van der Waals surface area contributed by atoms with E-state index in [4.69, 9.17) is 5.26 Å². The van der Waals surface area contributed by atoms with Gasteiger partial charge in [0, 0.05) is 18.3 Å². The average molecular weight is 325 g/mol. The van der Waals surface area contributed by atoms with Crippen molar-refractivity contribution >= 4 is 17.5 Å². The molecule has 1 saturated carbocycles. The molecule has 0 unspecified atom stereocenters. The number of carbonyl (C=O) groups is 2. The Morgan fingerprint density at radius 1 is 1.33 bits per heavy atom. The summed E-state index contributed by atoms with van der Waals surface area (Å²) in [7, 11) is 0. The molecule has 1 fully saturated rings. The van der Waals surface area contributed by atoms with Gasteiger partial charge in [0.2, 0.25) is 11.8 Å². The van der Waals surface area contributed by atoms with Gasteiger partial charge in [0.15, 0.2) is 0 Å². The second-order valence-corrected chi connectivity index (χ2v) is 6.17. The highest BCUT2D eigenvalue weighted by Crippen LogP contribution is 2.30. The number of nitriles is 1. The van der Waals surface area contributed by atoms with E-state index < -0.39 is 0 Å². The molecule has 24 heavy (non-hydrogen) atoms. The van der Waals surface area contributed by atoms with Crippen molar-refractivity contribution in [3.63, 3.8) is 0 Å². The zero-order valence-electron chi connectivity index (χ0n) is 14.0. The Morgan fingerprint density at radius 3 is 2.79 bits per heavy atom. The number of allylic oxidation sites excluding steroid dienone is 1. The van der Waals surface area contributed by atoms with Crippen molar-refractivity contribution in [1.29, 1.82) is 5.26 Å². The van der Waals surface area contributed by atoms with Crippen LogP contribution >= 0.6 is 0 Å². The molecule has 2 rings (SSSR count). The highest BCUT2D eigenvalue weighted by atomic mass is 16.2. The number of hydrogen-bond donors (Lipinski definition) is 2. The summed E-state index contributed by atoms with van der Waals surface area (Å²) in [5.41, 5.74) is 2.67. The SMILES string of the molecule is C/C(=C\C(=O)NCc1cccc(NC(=O)CC#N)c1)C1CCCC1. The molecule has 0 saturated heterocycles. The van der Waals surface area contributed by atoms with Crippen LogP contribution < -0.4 is 10.6 Å². The van der Waals surface area contributed by atoms with Gasteiger partial charge >= 0.3 is 0 Å². The van der Waals surface area contributed by atoms with Crippen LogP contribution in [0.5, 0.6) is 0 Å².